The van der Waals surface area contributed by atoms with Gasteiger partial charge in [-0.25, -0.2) is 0 Å². The number of anilines is 1. The largest absolute Gasteiger partial charge is 0.484 e. The molecule has 0 unspecified atom stereocenters. The first kappa shape index (κ1) is 19.2. The number of benzene rings is 2. The van der Waals surface area contributed by atoms with Crippen molar-refractivity contribution in [2.45, 2.75) is 13.3 Å². The number of ketones is 1. The Kier molecular flexibility index (Phi) is 6.35. The molecule has 3 rings (SSSR count). The minimum Gasteiger partial charge on any atom is -0.484 e. The molecular weight excluding hydrogens is 364 g/mol. The lowest BCUT2D eigenvalue weighted by molar-refractivity contribution is -0.133. The number of hydrogen-bond acceptors (Lipinski definition) is 4. The van der Waals surface area contributed by atoms with Crippen molar-refractivity contribution < 1.29 is 14.3 Å². The minimum absolute atomic E-state index is 0.00175. The van der Waals surface area contributed by atoms with Crippen molar-refractivity contribution >= 4 is 29.0 Å². The third-order valence-electron chi connectivity index (χ3n) is 4.67. The van der Waals surface area contributed by atoms with Gasteiger partial charge in [0.15, 0.2) is 12.4 Å². The van der Waals surface area contributed by atoms with E-state index in [-0.39, 0.29) is 18.3 Å². The molecule has 1 amide bonds. The Bertz CT molecular complexity index is 799. The average Bonchev–Trinajstić information content (AvgIpc) is 2.72. The van der Waals surface area contributed by atoms with Gasteiger partial charge in [-0.2, -0.15) is 0 Å². The molecule has 5 nitrogen and oxygen atoms in total. The smallest absolute Gasteiger partial charge is 0.260 e. The molecule has 2 aromatic carbocycles. The van der Waals surface area contributed by atoms with Crippen LogP contribution in [-0.2, 0) is 4.79 Å². The number of rotatable bonds is 6. The summed E-state index contributed by atoms with van der Waals surface area (Å²) < 4.78 is 5.58. The fourth-order valence-electron chi connectivity index (χ4n) is 3.06. The predicted molar refractivity (Wildman–Crippen MR) is 107 cm³/mol. The third kappa shape index (κ3) is 5.01. The molecule has 0 aliphatic carbocycles. The Morgan fingerprint density at radius 2 is 1.74 bits per heavy atom. The van der Waals surface area contributed by atoms with Crippen molar-refractivity contribution in [3.63, 3.8) is 0 Å². The first-order valence-electron chi connectivity index (χ1n) is 9.11. The Labute approximate surface area is 164 Å². The Morgan fingerprint density at radius 3 is 2.37 bits per heavy atom. The molecule has 0 bridgehead atoms. The average molecular weight is 387 g/mol. The highest BCUT2D eigenvalue weighted by Crippen LogP contribution is 2.21. The van der Waals surface area contributed by atoms with Crippen LogP contribution >= 0.6 is 11.6 Å². The zero-order valence-corrected chi connectivity index (χ0v) is 16.1. The van der Waals surface area contributed by atoms with Gasteiger partial charge >= 0.3 is 0 Å². The van der Waals surface area contributed by atoms with Crippen molar-refractivity contribution in [2.24, 2.45) is 0 Å². The second kappa shape index (κ2) is 8.91. The molecule has 0 atom stereocenters. The number of halogens is 1. The van der Waals surface area contributed by atoms with E-state index in [2.05, 4.69) is 4.90 Å². The van der Waals surface area contributed by atoms with Gasteiger partial charge in [0.25, 0.3) is 5.91 Å². The Morgan fingerprint density at radius 1 is 1.04 bits per heavy atom. The second-order valence-electron chi connectivity index (χ2n) is 6.44. The standard InChI is InChI=1S/C21H23ClN2O3/c1-2-20(25)16-6-8-19(9-7-16)27-15-21(26)24-12-10-23(11-13-24)18-5-3-4-17(22)14-18/h3-9,14H,2,10-13,15H2,1H3. The maximum atomic E-state index is 12.4. The van der Waals surface area contributed by atoms with E-state index < -0.39 is 0 Å². The summed E-state index contributed by atoms with van der Waals surface area (Å²) in [5, 5.41) is 0.714. The van der Waals surface area contributed by atoms with E-state index in [0.29, 0.717) is 35.8 Å². The highest BCUT2D eigenvalue weighted by molar-refractivity contribution is 6.30. The molecule has 1 heterocycles. The summed E-state index contributed by atoms with van der Waals surface area (Å²) in [5.74, 6) is 0.651. The molecule has 0 aromatic heterocycles. The van der Waals surface area contributed by atoms with Crippen molar-refractivity contribution in [3.05, 3.63) is 59.1 Å². The number of hydrogen-bond donors (Lipinski definition) is 0. The number of nitrogens with zero attached hydrogens (tertiary/aromatic N) is 2. The van der Waals surface area contributed by atoms with Crippen LogP contribution in [0.25, 0.3) is 0 Å². The minimum atomic E-state index is -0.0329. The van der Waals surface area contributed by atoms with Gasteiger partial charge in [0.2, 0.25) is 0 Å². The van der Waals surface area contributed by atoms with Crippen molar-refractivity contribution in [1.29, 1.82) is 0 Å². The number of carbonyl (C=O) groups is 2. The molecule has 0 N–H and O–H groups in total. The first-order chi connectivity index (χ1) is 13.1. The summed E-state index contributed by atoms with van der Waals surface area (Å²) in [6.45, 7) is 4.66. The van der Waals surface area contributed by atoms with E-state index in [1.54, 1.807) is 24.3 Å². The van der Waals surface area contributed by atoms with Crippen LogP contribution in [0.4, 0.5) is 5.69 Å². The zero-order valence-electron chi connectivity index (χ0n) is 15.4. The molecule has 2 aromatic rings. The van der Waals surface area contributed by atoms with Crippen LogP contribution in [-0.4, -0.2) is 49.4 Å². The second-order valence-corrected chi connectivity index (χ2v) is 6.87. The van der Waals surface area contributed by atoms with E-state index >= 15 is 0 Å². The molecule has 6 heteroatoms. The molecule has 1 aliphatic rings. The summed E-state index contributed by atoms with van der Waals surface area (Å²) in [6.07, 6.45) is 0.472. The van der Waals surface area contributed by atoms with Crippen LogP contribution in [0.1, 0.15) is 23.7 Å². The lowest BCUT2D eigenvalue weighted by atomic mass is 10.1. The van der Waals surface area contributed by atoms with Crippen LogP contribution in [0.5, 0.6) is 5.75 Å². The van der Waals surface area contributed by atoms with Gasteiger partial charge in [-0.1, -0.05) is 24.6 Å². The maximum Gasteiger partial charge on any atom is 0.260 e. The molecule has 27 heavy (non-hydrogen) atoms. The fraction of sp³-hybridized carbons (Fsp3) is 0.333. The molecule has 142 valence electrons. The normalized spacial score (nSPS) is 14.1. The molecule has 1 saturated heterocycles. The fourth-order valence-corrected chi connectivity index (χ4v) is 3.25. The van der Waals surface area contributed by atoms with Crippen molar-refractivity contribution in [2.75, 3.05) is 37.7 Å². The van der Waals surface area contributed by atoms with Gasteiger partial charge in [0, 0.05) is 48.9 Å². The lowest BCUT2D eigenvalue weighted by Crippen LogP contribution is -2.50. The van der Waals surface area contributed by atoms with Crippen LogP contribution in [0.2, 0.25) is 5.02 Å². The van der Waals surface area contributed by atoms with Gasteiger partial charge < -0.3 is 14.5 Å². The van der Waals surface area contributed by atoms with E-state index in [1.807, 2.05) is 36.1 Å². The summed E-state index contributed by atoms with van der Waals surface area (Å²) in [5.41, 5.74) is 1.74. The topological polar surface area (TPSA) is 49.9 Å². The van der Waals surface area contributed by atoms with E-state index in [0.717, 1.165) is 18.8 Å². The number of amides is 1. The van der Waals surface area contributed by atoms with Crippen molar-refractivity contribution in [1.82, 2.24) is 4.90 Å². The highest BCUT2D eigenvalue weighted by Gasteiger charge is 2.21. The van der Waals surface area contributed by atoms with E-state index in [9.17, 15) is 9.59 Å². The lowest BCUT2D eigenvalue weighted by Gasteiger charge is -2.36. The zero-order chi connectivity index (χ0) is 19.2. The molecule has 0 radical (unpaired) electrons. The van der Waals surface area contributed by atoms with Gasteiger partial charge in [-0.15, -0.1) is 0 Å². The van der Waals surface area contributed by atoms with Gasteiger partial charge in [0.05, 0.1) is 0 Å². The molecule has 0 saturated carbocycles. The summed E-state index contributed by atoms with van der Waals surface area (Å²) in [4.78, 5) is 28.1. The number of carbonyl (C=O) groups excluding carboxylic acids is 2. The van der Waals surface area contributed by atoms with Crippen LogP contribution < -0.4 is 9.64 Å². The van der Waals surface area contributed by atoms with Gasteiger partial charge in [-0.3, -0.25) is 9.59 Å². The molecular formula is C21H23ClN2O3. The van der Waals surface area contributed by atoms with Crippen molar-refractivity contribution in [3.8, 4) is 5.75 Å². The number of Topliss-reactive ketones (excluding diaryl/α,β-unsaturated/α-hetero) is 1. The summed E-state index contributed by atoms with van der Waals surface area (Å²) >= 11 is 6.05. The quantitative estimate of drug-likeness (QED) is 0.711. The molecule has 0 spiro atoms. The monoisotopic (exact) mass is 386 g/mol. The predicted octanol–water partition coefficient (Wildman–Crippen LogP) is 3.66. The molecule has 1 fully saturated rings. The molecule has 1 aliphatic heterocycles. The maximum absolute atomic E-state index is 12.4. The number of ether oxygens (including phenoxy) is 1. The summed E-state index contributed by atoms with van der Waals surface area (Å²) in [6, 6.07) is 14.7. The highest BCUT2D eigenvalue weighted by atomic mass is 35.5. The SMILES string of the molecule is CCC(=O)c1ccc(OCC(=O)N2CCN(c3cccc(Cl)c3)CC2)cc1. The van der Waals surface area contributed by atoms with Gasteiger partial charge in [-0.05, 0) is 42.5 Å². The van der Waals surface area contributed by atoms with Crippen LogP contribution in [0.15, 0.2) is 48.5 Å². The van der Waals surface area contributed by atoms with Gasteiger partial charge in [0.1, 0.15) is 5.75 Å². The third-order valence-corrected chi connectivity index (χ3v) is 4.90. The first-order valence-corrected chi connectivity index (χ1v) is 9.49. The Hall–Kier alpha value is -2.53. The van der Waals surface area contributed by atoms with E-state index in [1.165, 1.54) is 0 Å². The van der Waals surface area contributed by atoms with Crippen LogP contribution in [0.3, 0.4) is 0 Å². The van der Waals surface area contributed by atoms with E-state index in [4.69, 9.17) is 16.3 Å². The van der Waals surface area contributed by atoms with Crippen LogP contribution in [0, 0.1) is 0 Å². The number of piperazine rings is 1. The Balaban J connectivity index is 1.47. The summed E-state index contributed by atoms with van der Waals surface area (Å²) in [7, 11) is 0.